The molecule has 1 rings (SSSR count). The summed E-state index contributed by atoms with van der Waals surface area (Å²) in [5.74, 6) is 0.714. The highest BCUT2D eigenvalue weighted by Gasteiger charge is 2.09. The van der Waals surface area contributed by atoms with E-state index >= 15 is 0 Å². The molecule has 0 aromatic heterocycles. The maximum atomic E-state index is 11.7. The SMILES string of the molecule is CC(=O)c1cc(C(C)=O)cc(/C(C)=C/CN(C)CCCC(C)C)c1. The van der Waals surface area contributed by atoms with Crippen molar-refractivity contribution < 1.29 is 9.59 Å². The predicted octanol–water partition coefficient (Wildman–Crippen LogP) is 4.86. The quantitative estimate of drug-likeness (QED) is 0.607. The fraction of sp³-hybridized carbons (Fsp3) is 0.524. The second kappa shape index (κ2) is 9.53. The van der Waals surface area contributed by atoms with Crippen molar-refractivity contribution in [3.05, 3.63) is 41.0 Å². The van der Waals surface area contributed by atoms with Gasteiger partial charge in [0.25, 0.3) is 0 Å². The number of carbonyl (C=O) groups excluding carboxylic acids is 2. The fourth-order valence-corrected chi connectivity index (χ4v) is 2.53. The molecule has 0 unspecified atom stereocenters. The Bertz CT molecular complexity index is 582. The van der Waals surface area contributed by atoms with Gasteiger partial charge in [-0.2, -0.15) is 0 Å². The summed E-state index contributed by atoms with van der Waals surface area (Å²) in [6.07, 6.45) is 4.61. The molecule has 3 heteroatoms. The van der Waals surface area contributed by atoms with Gasteiger partial charge >= 0.3 is 0 Å². The highest BCUT2D eigenvalue weighted by atomic mass is 16.1. The van der Waals surface area contributed by atoms with E-state index in [1.54, 1.807) is 6.07 Å². The molecule has 1 aromatic rings. The van der Waals surface area contributed by atoms with Crippen molar-refractivity contribution in [3.8, 4) is 0 Å². The Kier molecular flexibility index (Phi) is 8.06. The van der Waals surface area contributed by atoms with Gasteiger partial charge in [0.15, 0.2) is 11.6 Å². The molecule has 0 heterocycles. The molecule has 0 amide bonds. The van der Waals surface area contributed by atoms with Crippen LogP contribution in [-0.4, -0.2) is 36.6 Å². The van der Waals surface area contributed by atoms with Crippen molar-refractivity contribution in [2.75, 3.05) is 20.1 Å². The van der Waals surface area contributed by atoms with Gasteiger partial charge in [-0.3, -0.25) is 9.59 Å². The number of rotatable bonds is 9. The lowest BCUT2D eigenvalue weighted by molar-refractivity contribution is 0.101. The number of hydrogen-bond acceptors (Lipinski definition) is 3. The highest BCUT2D eigenvalue weighted by molar-refractivity contribution is 6.00. The Morgan fingerprint density at radius 3 is 1.96 bits per heavy atom. The molecule has 0 aliphatic rings. The Labute approximate surface area is 146 Å². The molecule has 0 radical (unpaired) electrons. The third kappa shape index (κ3) is 6.79. The van der Waals surface area contributed by atoms with E-state index in [-0.39, 0.29) is 11.6 Å². The molecule has 132 valence electrons. The number of hydrogen-bond donors (Lipinski definition) is 0. The van der Waals surface area contributed by atoms with Crippen LogP contribution >= 0.6 is 0 Å². The lowest BCUT2D eigenvalue weighted by Crippen LogP contribution is -2.20. The van der Waals surface area contributed by atoms with Crippen LogP contribution in [-0.2, 0) is 0 Å². The first-order chi connectivity index (χ1) is 11.2. The summed E-state index contributed by atoms with van der Waals surface area (Å²) >= 11 is 0. The van der Waals surface area contributed by atoms with Crippen LogP contribution < -0.4 is 0 Å². The second-order valence-corrected chi connectivity index (χ2v) is 7.10. The van der Waals surface area contributed by atoms with Crippen molar-refractivity contribution in [3.63, 3.8) is 0 Å². The molecule has 0 spiro atoms. The zero-order valence-corrected chi connectivity index (χ0v) is 16.0. The third-order valence-electron chi connectivity index (χ3n) is 4.23. The number of likely N-dealkylation sites (N-methyl/N-ethyl adjacent to an activating group) is 1. The minimum Gasteiger partial charge on any atom is -0.303 e. The van der Waals surface area contributed by atoms with Gasteiger partial charge in [-0.1, -0.05) is 19.9 Å². The molecule has 0 N–H and O–H groups in total. The summed E-state index contributed by atoms with van der Waals surface area (Å²) < 4.78 is 0. The molecule has 0 saturated carbocycles. The van der Waals surface area contributed by atoms with Crippen LogP contribution in [0.2, 0.25) is 0 Å². The van der Waals surface area contributed by atoms with E-state index < -0.39 is 0 Å². The average Bonchev–Trinajstić information content (AvgIpc) is 2.51. The van der Waals surface area contributed by atoms with Gasteiger partial charge < -0.3 is 4.90 Å². The Hall–Kier alpha value is -1.74. The number of allylic oxidation sites excluding steroid dienone is 1. The first-order valence-electron chi connectivity index (χ1n) is 8.73. The first kappa shape index (κ1) is 20.3. The zero-order chi connectivity index (χ0) is 18.3. The largest absolute Gasteiger partial charge is 0.303 e. The zero-order valence-electron chi connectivity index (χ0n) is 16.0. The summed E-state index contributed by atoms with van der Waals surface area (Å²) in [6, 6.07) is 5.43. The van der Waals surface area contributed by atoms with Crippen molar-refractivity contribution in [2.45, 2.75) is 47.5 Å². The fourth-order valence-electron chi connectivity index (χ4n) is 2.53. The summed E-state index contributed by atoms with van der Waals surface area (Å²) in [5.41, 5.74) is 3.23. The third-order valence-corrected chi connectivity index (χ3v) is 4.23. The van der Waals surface area contributed by atoms with E-state index in [1.807, 2.05) is 19.1 Å². The van der Waals surface area contributed by atoms with Crippen LogP contribution in [0, 0.1) is 5.92 Å². The minimum atomic E-state index is -0.0158. The van der Waals surface area contributed by atoms with Gasteiger partial charge in [0.2, 0.25) is 0 Å². The van der Waals surface area contributed by atoms with Crippen LogP contribution in [0.25, 0.3) is 5.57 Å². The smallest absolute Gasteiger partial charge is 0.159 e. The maximum Gasteiger partial charge on any atom is 0.159 e. The van der Waals surface area contributed by atoms with E-state index in [0.717, 1.165) is 30.1 Å². The molecular formula is C21H31NO2. The Balaban J connectivity index is 2.83. The molecule has 0 saturated heterocycles. The van der Waals surface area contributed by atoms with Gasteiger partial charge in [-0.05, 0) is 82.5 Å². The van der Waals surface area contributed by atoms with Crippen LogP contribution in [0.15, 0.2) is 24.3 Å². The van der Waals surface area contributed by atoms with Crippen LogP contribution in [0.3, 0.4) is 0 Å². The molecule has 3 nitrogen and oxygen atoms in total. The lowest BCUT2D eigenvalue weighted by Gasteiger charge is -2.16. The van der Waals surface area contributed by atoms with Crippen LogP contribution in [0.1, 0.15) is 73.7 Å². The molecule has 0 bridgehead atoms. The van der Waals surface area contributed by atoms with Gasteiger partial charge in [0.05, 0.1) is 0 Å². The van der Waals surface area contributed by atoms with Crippen LogP contribution in [0.5, 0.6) is 0 Å². The van der Waals surface area contributed by atoms with E-state index in [0.29, 0.717) is 11.1 Å². The second-order valence-electron chi connectivity index (χ2n) is 7.10. The van der Waals surface area contributed by atoms with Gasteiger partial charge in [-0.15, -0.1) is 0 Å². The van der Waals surface area contributed by atoms with Crippen molar-refractivity contribution in [2.24, 2.45) is 5.92 Å². The predicted molar refractivity (Wildman–Crippen MR) is 102 cm³/mol. The number of carbonyl (C=O) groups is 2. The topological polar surface area (TPSA) is 37.4 Å². The number of nitrogens with zero attached hydrogens (tertiary/aromatic N) is 1. The average molecular weight is 329 g/mol. The summed E-state index contributed by atoms with van der Waals surface area (Å²) in [5, 5.41) is 0. The van der Waals surface area contributed by atoms with E-state index in [4.69, 9.17) is 0 Å². The molecule has 1 aromatic carbocycles. The normalized spacial score (nSPS) is 12.1. The molecule has 0 atom stereocenters. The number of benzene rings is 1. The minimum absolute atomic E-state index is 0.0158. The lowest BCUT2D eigenvalue weighted by atomic mass is 9.97. The highest BCUT2D eigenvalue weighted by Crippen LogP contribution is 2.19. The van der Waals surface area contributed by atoms with E-state index in [2.05, 4.69) is 31.9 Å². The van der Waals surface area contributed by atoms with E-state index in [1.165, 1.54) is 26.7 Å². The Morgan fingerprint density at radius 2 is 1.50 bits per heavy atom. The number of ketones is 2. The molecule has 24 heavy (non-hydrogen) atoms. The van der Waals surface area contributed by atoms with Crippen LogP contribution in [0.4, 0.5) is 0 Å². The first-order valence-corrected chi connectivity index (χ1v) is 8.73. The van der Waals surface area contributed by atoms with Gasteiger partial charge in [0.1, 0.15) is 0 Å². The molecular weight excluding hydrogens is 298 g/mol. The van der Waals surface area contributed by atoms with Crippen molar-refractivity contribution in [1.82, 2.24) is 4.90 Å². The molecule has 0 aliphatic heterocycles. The summed E-state index contributed by atoms with van der Waals surface area (Å²) in [6.45, 7) is 11.5. The summed E-state index contributed by atoms with van der Waals surface area (Å²) in [4.78, 5) is 25.7. The molecule has 0 fully saturated rings. The summed E-state index contributed by atoms with van der Waals surface area (Å²) in [7, 11) is 2.12. The Morgan fingerprint density at radius 1 is 1.00 bits per heavy atom. The van der Waals surface area contributed by atoms with Crippen molar-refractivity contribution >= 4 is 17.1 Å². The van der Waals surface area contributed by atoms with Gasteiger partial charge in [-0.25, -0.2) is 0 Å². The maximum absolute atomic E-state index is 11.7. The van der Waals surface area contributed by atoms with Gasteiger partial charge in [0, 0.05) is 17.7 Å². The van der Waals surface area contributed by atoms with E-state index in [9.17, 15) is 9.59 Å². The standard InChI is InChI=1S/C21H31NO2/c1-15(2)8-7-10-22(6)11-9-16(3)19-12-20(17(4)23)14-21(13-19)18(5)24/h9,12-15H,7-8,10-11H2,1-6H3/b16-9+. The monoisotopic (exact) mass is 329 g/mol. The van der Waals surface area contributed by atoms with Crippen molar-refractivity contribution in [1.29, 1.82) is 0 Å². The number of Topliss-reactive ketones (excluding diaryl/α,β-unsaturated/α-hetero) is 2. The molecule has 0 aliphatic carbocycles.